The highest BCUT2D eigenvalue weighted by Gasteiger charge is 2.13. The zero-order valence-corrected chi connectivity index (χ0v) is 15.1. The number of anilines is 2. The molecule has 1 aliphatic heterocycles. The van der Waals surface area contributed by atoms with Crippen LogP contribution in [0.3, 0.4) is 0 Å². The largest absolute Gasteiger partial charge is 0.508 e. The van der Waals surface area contributed by atoms with Gasteiger partial charge in [0.2, 0.25) is 0 Å². The Balaban J connectivity index is 1.50. The highest BCUT2D eigenvalue weighted by molar-refractivity contribution is 5.94. The molecule has 0 radical (unpaired) electrons. The topological polar surface area (TPSA) is 78.9 Å². The number of hydrogen-bond donors (Lipinski definition) is 2. The summed E-state index contributed by atoms with van der Waals surface area (Å²) < 4.78 is 4.96. The number of hydrogen-bond acceptors (Lipinski definition) is 5. The molecule has 0 atom stereocenters. The lowest BCUT2D eigenvalue weighted by Gasteiger charge is -2.27. The minimum atomic E-state index is -0.578. The predicted molar refractivity (Wildman–Crippen MR) is 105 cm³/mol. The molecule has 0 bridgehead atoms. The summed E-state index contributed by atoms with van der Waals surface area (Å²) in [6.45, 7) is 0.680. The van der Waals surface area contributed by atoms with Crippen LogP contribution in [0, 0.1) is 0 Å². The van der Waals surface area contributed by atoms with Crippen molar-refractivity contribution in [1.29, 1.82) is 0 Å². The number of aryl methyl sites for hydroxylation is 1. The molecule has 2 aromatic carbocycles. The molecular weight excluding hydrogens is 344 g/mol. The second-order valence-electron chi connectivity index (χ2n) is 6.45. The molecular formula is C21H22N2O4. The fourth-order valence-electron chi connectivity index (χ4n) is 3.00. The summed E-state index contributed by atoms with van der Waals surface area (Å²) in [5.74, 6) is -0.914. The molecule has 1 heterocycles. The van der Waals surface area contributed by atoms with Gasteiger partial charge in [0.05, 0.1) is 0 Å². The van der Waals surface area contributed by atoms with Gasteiger partial charge in [0.15, 0.2) is 6.61 Å². The van der Waals surface area contributed by atoms with E-state index < -0.39 is 11.9 Å². The van der Waals surface area contributed by atoms with E-state index in [2.05, 4.69) is 29.4 Å². The van der Waals surface area contributed by atoms with Crippen molar-refractivity contribution in [3.8, 4) is 5.75 Å². The average Bonchev–Trinajstić information content (AvgIpc) is 2.66. The van der Waals surface area contributed by atoms with Gasteiger partial charge in [0.1, 0.15) is 5.75 Å². The third kappa shape index (κ3) is 5.10. The third-order valence-electron chi connectivity index (χ3n) is 4.36. The van der Waals surface area contributed by atoms with Crippen molar-refractivity contribution in [1.82, 2.24) is 0 Å². The third-order valence-corrected chi connectivity index (χ3v) is 4.36. The van der Waals surface area contributed by atoms with E-state index in [1.165, 1.54) is 29.5 Å². The zero-order valence-electron chi connectivity index (χ0n) is 15.1. The van der Waals surface area contributed by atoms with E-state index in [9.17, 15) is 14.7 Å². The SMILES string of the molecule is CN1CCCc2cc(C=CC(=O)OCC(=O)Nc3ccc(O)cc3)ccc21. The molecule has 6 heteroatoms. The van der Waals surface area contributed by atoms with Gasteiger partial charge in [-0.25, -0.2) is 4.79 Å². The van der Waals surface area contributed by atoms with Crippen LogP contribution in [-0.4, -0.2) is 37.2 Å². The summed E-state index contributed by atoms with van der Waals surface area (Å²) in [5, 5.41) is 11.8. The molecule has 0 saturated carbocycles. The fraction of sp³-hybridized carbons (Fsp3) is 0.238. The number of rotatable bonds is 5. The molecule has 3 rings (SSSR count). The van der Waals surface area contributed by atoms with Gasteiger partial charge in [-0.15, -0.1) is 0 Å². The molecule has 2 N–H and O–H groups in total. The van der Waals surface area contributed by atoms with E-state index >= 15 is 0 Å². The molecule has 27 heavy (non-hydrogen) atoms. The monoisotopic (exact) mass is 366 g/mol. The van der Waals surface area contributed by atoms with Crippen LogP contribution in [0.1, 0.15) is 17.5 Å². The Labute approximate surface area is 158 Å². The van der Waals surface area contributed by atoms with Crippen molar-refractivity contribution in [3.05, 3.63) is 59.7 Å². The molecule has 140 valence electrons. The van der Waals surface area contributed by atoms with E-state index in [1.807, 2.05) is 6.07 Å². The quantitative estimate of drug-likeness (QED) is 0.483. The number of esters is 1. The minimum Gasteiger partial charge on any atom is -0.508 e. The number of amides is 1. The van der Waals surface area contributed by atoms with Crippen molar-refractivity contribution >= 4 is 29.3 Å². The highest BCUT2D eigenvalue weighted by Crippen LogP contribution is 2.27. The lowest BCUT2D eigenvalue weighted by atomic mass is 9.99. The Hall–Kier alpha value is -3.28. The summed E-state index contributed by atoms with van der Waals surface area (Å²) in [5.41, 5.74) is 3.94. The first-order valence-electron chi connectivity index (χ1n) is 8.79. The number of carbonyl (C=O) groups is 2. The molecule has 6 nitrogen and oxygen atoms in total. The number of nitrogens with zero attached hydrogens (tertiary/aromatic N) is 1. The maximum absolute atomic E-state index is 11.8. The second-order valence-corrected chi connectivity index (χ2v) is 6.45. The number of ether oxygens (including phenoxy) is 1. The van der Waals surface area contributed by atoms with Crippen molar-refractivity contribution in [2.24, 2.45) is 0 Å². The van der Waals surface area contributed by atoms with E-state index in [0.717, 1.165) is 24.9 Å². The zero-order chi connectivity index (χ0) is 19.2. The summed E-state index contributed by atoms with van der Waals surface area (Å²) in [4.78, 5) is 25.8. The first-order chi connectivity index (χ1) is 13.0. The van der Waals surface area contributed by atoms with Crippen LogP contribution < -0.4 is 10.2 Å². The minimum absolute atomic E-state index is 0.110. The van der Waals surface area contributed by atoms with Crippen LogP contribution in [0.4, 0.5) is 11.4 Å². The summed E-state index contributed by atoms with van der Waals surface area (Å²) in [7, 11) is 2.08. The van der Waals surface area contributed by atoms with Gasteiger partial charge in [-0.2, -0.15) is 0 Å². The Kier molecular flexibility index (Phi) is 5.76. The predicted octanol–water partition coefficient (Wildman–Crippen LogP) is 2.97. The number of phenols is 1. The highest BCUT2D eigenvalue weighted by atomic mass is 16.5. The van der Waals surface area contributed by atoms with E-state index in [4.69, 9.17) is 4.74 Å². The second kappa shape index (κ2) is 8.40. The van der Waals surface area contributed by atoms with Gasteiger partial charge in [-0.05, 0) is 66.4 Å². The van der Waals surface area contributed by atoms with Crippen LogP contribution in [-0.2, 0) is 20.7 Å². The number of benzene rings is 2. The molecule has 0 aliphatic carbocycles. The van der Waals surface area contributed by atoms with Gasteiger partial charge in [0.25, 0.3) is 5.91 Å². The number of aromatic hydroxyl groups is 1. The molecule has 0 fully saturated rings. The van der Waals surface area contributed by atoms with Crippen LogP contribution in [0.2, 0.25) is 0 Å². The van der Waals surface area contributed by atoms with E-state index in [1.54, 1.807) is 18.2 Å². The Morgan fingerprint density at radius 2 is 2.00 bits per heavy atom. The molecule has 0 saturated heterocycles. The Morgan fingerprint density at radius 1 is 1.22 bits per heavy atom. The molecule has 0 unspecified atom stereocenters. The van der Waals surface area contributed by atoms with Gasteiger partial charge in [-0.3, -0.25) is 4.79 Å². The van der Waals surface area contributed by atoms with Gasteiger partial charge in [-0.1, -0.05) is 6.07 Å². The van der Waals surface area contributed by atoms with Crippen molar-refractivity contribution in [2.75, 3.05) is 30.4 Å². The fourth-order valence-corrected chi connectivity index (χ4v) is 3.00. The van der Waals surface area contributed by atoms with Crippen molar-refractivity contribution in [3.63, 3.8) is 0 Å². The van der Waals surface area contributed by atoms with Crippen LogP contribution in [0.25, 0.3) is 6.08 Å². The van der Waals surface area contributed by atoms with Crippen LogP contribution >= 0.6 is 0 Å². The standard InChI is InChI=1S/C21H22N2O4/c1-23-12-2-3-16-13-15(4-10-19(16)23)5-11-21(26)27-14-20(25)22-17-6-8-18(24)9-7-17/h4-11,13,24H,2-3,12,14H2,1H3,(H,22,25). The number of carbonyl (C=O) groups excluding carboxylic acids is 2. The summed E-state index contributed by atoms with van der Waals surface area (Å²) >= 11 is 0. The summed E-state index contributed by atoms with van der Waals surface area (Å²) in [6, 6.07) is 12.1. The summed E-state index contributed by atoms with van der Waals surface area (Å²) in [6.07, 6.45) is 5.16. The maximum Gasteiger partial charge on any atom is 0.331 e. The van der Waals surface area contributed by atoms with E-state index in [-0.39, 0.29) is 12.4 Å². The number of nitrogens with one attached hydrogen (secondary N) is 1. The normalized spacial score (nSPS) is 13.3. The first kappa shape index (κ1) is 18.5. The van der Waals surface area contributed by atoms with Gasteiger partial charge >= 0.3 is 5.97 Å². The van der Waals surface area contributed by atoms with Crippen LogP contribution in [0.15, 0.2) is 48.5 Å². The average molecular weight is 366 g/mol. The van der Waals surface area contributed by atoms with Crippen molar-refractivity contribution in [2.45, 2.75) is 12.8 Å². The molecule has 0 spiro atoms. The maximum atomic E-state index is 11.8. The lowest BCUT2D eigenvalue weighted by Crippen LogP contribution is -2.24. The Bertz CT molecular complexity index is 859. The van der Waals surface area contributed by atoms with Crippen LogP contribution in [0.5, 0.6) is 5.75 Å². The van der Waals surface area contributed by atoms with Gasteiger partial charge in [0, 0.05) is 31.0 Å². The first-order valence-corrected chi connectivity index (χ1v) is 8.79. The molecule has 1 aliphatic rings. The molecule has 2 aromatic rings. The van der Waals surface area contributed by atoms with Gasteiger partial charge < -0.3 is 20.1 Å². The number of phenolic OH excluding ortho intramolecular Hbond substituents is 1. The Morgan fingerprint density at radius 3 is 2.78 bits per heavy atom. The number of fused-ring (bicyclic) bond motifs is 1. The molecule has 1 amide bonds. The van der Waals surface area contributed by atoms with Crippen molar-refractivity contribution < 1.29 is 19.4 Å². The molecule has 0 aromatic heterocycles. The smallest absolute Gasteiger partial charge is 0.331 e. The van der Waals surface area contributed by atoms with E-state index in [0.29, 0.717) is 5.69 Å². The lowest BCUT2D eigenvalue weighted by molar-refractivity contribution is -0.142.